The number of methoxy groups -OCH3 is 1. The van der Waals surface area contributed by atoms with Crippen molar-refractivity contribution in [2.75, 3.05) is 19.0 Å². The molecule has 1 amide bonds. The van der Waals surface area contributed by atoms with Crippen LogP contribution >= 0.6 is 0 Å². The average molecular weight is 250 g/mol. The fourth-order valence-electron chi connectivity index (χ4n) is 1.60. The van der Waals surface area contributed by atoms with Gasteiger partial charge in [0.15, 0.2) is 0 Å². The number of hydrogen-bond donors (Lipinski definition) is 2. The van der Waals surface area contributed by atoms with Crippen LogP contribution in [0.25, 0.3) is 0 Å². The molecule has 0 heterocycles. The first-order chi connectivity index (χ1) is 8.61. The lowest BCUT2D eigenvalue weighted by Crippen LogP contribution is -2.26. The zero-order valence-corrected chi connectivity index (χ0v) is 11.3. The summed E-state index contributed by atoms with van der Waals surface area (Å²) >= 11 is 0. The molecule has 1 unspecified atom stereocenters. The maximum absolute atomic E-state index is 10.9. The van der Waals surface area contributed by atoms with E-state index in [1.807, 2.05) is 24.3 Å². The molecule has 0 bridgehead atoms. The van der Waals surface area contributed by atoms with Gasteiger partial charge < -0.3 is 15.4 Å². The largest absolute Gasteiger partial charge is 0.385 e. The van der Waals surface area contributed by atoms with Crippen LogP contribution in [0.1, 0.15) is 25.8 Å². The molecule has 0 aliphatic rings. The van der Waals surface area contributed by atoms with Crippen LogP contribution < -0.4 is 10.6 Å². The molecule has 0 aromatic heterocycles. The van der Waals surface area contributed by atoms with Crippen molar-refractivity contribution in [1.29, 1.82) is 0 Å². The minimum Gasteiger partial charge on any atom is -0.385 e. The van der Waals surface area contributed by atoms with Crippen LogP contribution in [0.15, 0.2) is 24.3 Å². The van der Waals surface area contributed by atoms with Crippen molar-refractivity contribution in [3.05, 3.63) is 29.8 Å². The Morgan fingerprint density at radius 1 is 1.33 bits per heavy atom. The predicted octanol–water partition coefficient (Wildman–Crippen LogP) is 2.16. The number of hydrogen-bond acceptors (Lipinski definition) is 3. The summed E-state index contributed by atoms with van der Waals surface area (Å²) in [6.07, 6.45) is 1.00. The number of anilines is 1. The number of rotatable bonds is 7. The quantitative estimate of drug-likeness (QED) is 0.779. The highest BCUT2D eigenvalue weighted by Gasteiger charge is 2.01. The van der Waals surface area contributed by atoms with Crippen LogP contribution in [-0.4, -0.2) is 25.7 Å². The minimum atomic E-state index is -0.0472. The van der Waals surface area contributed by atoms with E-state index in [2.05, 4.69) is 17.6 Å². The topological polar surface area (TPSA) is 50.4 Å². The molecule has 1 aromatic rings. The van der Waals surface area contributed by atoms with E-state index < -0.39 is 0 Å². The molecular formula is C14H22N2O2. The van der Waals surface area contributed by atoms with Crippen molar-refractivity contribution in [3.8, 4) is 0 Å². The van der Waals surface area contributed by atoms with Gasteiger partial charge in [-0.3, -0.25) is 4.79 Å². The third-order valence-electron chi connectivity index (χ3n) is 2.68. The molecule has 18 heavy (non-hydrogen) atoms. The molecule has 100 valence electrons. The van der Waals surface area contributed by atoms with Crippen molar-refractivity contribution in [1.82, 2.24) is 5.32 Å². The Morgan fingerprint density at radius 3 is 2.56 bits per heavy atom. The Balaban J connectivity index is 2.36. The van der Waals surface area contributed by atoms with Crippen molar-refractivity contribution >= 4 is 11.6 Å². The monoisotopic (exact) mass is 250 g/mol. The standard InChI is InChI=1S/C14H22N2O2/c1-11(8-9-18-3)15-10-13-4-6-14(7-5-13)16-12(2)17/h4-7,11,15H,8-10H2,1-3H3,(H,16,17). The zero-order chi connectivity index (χ0) is 13.4. The first-order valence-corrected chi connectivity index (χ1v) is 6.20. The Labute approximate surface area is 109 Å². The van der Waals surface area contributed by atoms with Crippen LogP contribution in [0.2, 0.25) is 0 Å². The number of benzene rings is 1. The number of nitrogens with one attached hydrogen (secondary N) is 2. The van der Waals surface area contributed by atoms with Crippen LogP contribution in [-0.2, 0) is 16.1 Å². The second-order valence-corrected chi connectivity index (χ2v) is 4.44. The fourth-order valence-corrected chi connectivity index (χ4v) is 1.60. The molecule has 4 heteroatoms. The highest BCUT2D eigenvalue weighted by Crippen LogP contribution is 2.09. The third kappa shape index (κ3) is 5.80. The lowest BCUT2D eigenvalue weighted by atomic mass is 10.2. The summed E-state index contributed by atoms with van der Waals surface area (Å²) < 4.78 is 5.04. The van der Waals surface area contributed by atoms with E-state index in [1.165, 1.54) is 12.5 Å². The highest BCUT2D eigenvalue weighted by molar-refractivity contribution is 5.88. The molecule has 0 radical (unpaired) electrons. The second kappa shape index (κ2) is 7.84. The average Bonchev–Trinajstić information content (AvgIpc) is 2.35. The van der Waals surface area contributed by atoms with E-state index in [9.17, 15) is 4.79 Å². The molecule has 0 fully saturated rings. The molecule has 1 atom stereocenters. The maximum atomic E-state index is 10.9. The lowest BCUT2D eigenvalue weighted by molar-refractivity contribution is -0.114. The molecule has 0 saturated heterocycles. The summed E-state index contributed by atoms with van der Waals surface area (Å²) in [6.45, 7) is 5.25. The number of carbonyl (C=O) groups is 1. The number of carbonyl (C=O) groups excluding carboxylic acids is 1. The van der Waals surface area contributed by atoms with Crippen molar-refractivity contribution in [2.45, 2.75) is 32.9 Å². The van der Waals surface area contributed by atoms with Crippen LogP contribution in [0.5, 0.6) is 0 Å². The van der Waals surface area contributed by atoms with Gasteiger partial charge in [-0.05, 0) is 31.0 Å². The van der Waals surface area contributed by atoms with Crippen molar-refractivity contribution in [2.24, 2.45) is 0 Å². The van der Waals surface area contributed by atoms with E-state index in [-0.39, 0.29) is 5.91 Å². The van der Waals surface area contributed by atoms with Crippen molar-refractivity contribution in [3.63, 3.8) is 0 Å². The summed E-state index contributed by atoms with van der Waals surface area (Å²) in [7, 11) is 1.72. The van der Waals surface area contributed by atoms with E-state index >= 15 is 0 Å². The van der Waals surface area contributed by atoms with Crippen molar-refractivity contribution < 1.29 is 9.53 Å². The van der Waals surface area contributed by atoms with E-state index in [4.69, 9.17) is 4.74 Å². The van der Waals surface area contributed by atoms with Gasteiger partial charge in [0.25, 0.3) is 0 Å². The van der Waals surface area contributed by atoms with Gasteiger partial charge in [0.1, 0.15) is 0 Å². The molecule has 1 rings (SSSR count). The zero-order valence-electron chi connectivity index (χ0n) is 11.3. The Morgan fingerprint density at radius 2 is 2.00 bits per heavy atom. The van der Waals surface area contributed by atoms with Gasteiger partial charge >= 0.3 is 0 Å². The first kappa shape index (κ1) is 14.7. The molecule has 4 nitrogen and oxygen atoms in total. The van der Waals surface area contributed by atoms with Crippen LogP contribution in [0.4, 0.5) is 5.69 Å². The first-order valence-electron chi connectivity index (χ1n) is 6.20. The maximum Gasteiger partial charge on any atom is 0.221 e. The number of ether oxygens (including phenoxy) is 1. The summed E-state index contributed by atoms with van der Waals surface area (Å²) in [5.74, 6) is -0.0472. The summed E-state index contributed by atoms with van der Waals surface area (Å²) in [5.41, 5.74) is 2.03. The van der Waals surface area contributed by atoms with Gasteiger partial charge in [0, 0.05) is 38.9 Å². The lowest BCUT2D eigenvalue weighted by Gasteiger charge is -2.13. The Bertz CT molecular complexity index is 363. The Hall–Kier alpha value is -1.39. The molecule has 0 spiro atoms. The third-order valence-corrected chi connectivity index (χ3v) is 2.68. The van der Waals surface area contributed by atoms with E-state index in [0.717, 1.165) is 25.3 Å². The second-order valence-electron chi connectivity index (χ2n) is 4.44. The predicted molar refractivity (Wildman–Crippen MR) is 73.5 cm³/mol. The van der Waals surface area contributed by atoms with E-state index in [1.54, 1.807) is 7.11 Å². The summed E-state index contributed by atoms with van der Waals surface area (Å²) in [5, 5.41) is 6.18. The van der Waals surface area contributed by atoms with Gasteiger partial charge in [-0.1, -0.05) is 12.1 Å². The van der Waals surface area contributed by atoms with Gasteiger partial charge in [0.05, 0.1) is 0 Å². The smallest absolute Gasteiger partial charge is 0.221 e. The summed E-state index contributed by atoms with van der Waals surface area (Å²) in [4.78, 5) is 10.9. The minimum absolute atomic E-state index is 0.0472. The molecule has 2 N–H and O–H groups in total. The Kier molecular flexibility index (Phi) is 6.39. The van der Waals surface area contributed by atoms with Gasteiger partial charge in [0.2, 0.25) is 5.91 Å². The van der Waals surface area contributed by atoms with Gasteiger partial charge in [-0.15, -0.1) is 0 Å². The molecule has 0 aliphatic heterocycles. The van der Waals surface area contributed by atoms with Crippen LogP contribution in [0, 0.1) is 0 Å². The summed E-state index contributed by atoms with van der Waals surface area (Å²) in [6, 6.07) is 8.29. The molecule has 0 aliphatic carbocycles. The molecular weight excluding hydrogens is 228 g/mol. The highest BCUT2D eigenvalue weighted by atomic mass is 16.5. The SMILES string of the molecule is COCCC(C)NCc1ccc(NC(C)=O)cc1. The normalized spacial score (nSPS) is 12.2. The fraction of sp³-hybridized carbons (Fsp3) is 0.500. The molecule has 1 aromatic carbocycles. The van der Waals surface area contributed by atoms with Gasteiger partial charge in [-0.25, -0.2) is 0 Å². The number of amides is 1. The molecule has 0 saturated carbocycles. The van der Waals surface area contributed by atoms with Gasteiger partial charge in [-0.2, -0.15) is 0 Å². The van der Waals surface area contributed by atoms with Crippen LogP contribution in [0.3, 0.4) is 0 Å². The van der Waals surface area contributed by atoms with E-state index in [0.29, 0.717) is 6.04 Å².